The van der Waals surface area contributed by atoms with Crippen LogP contribution in [0.25, 0.3) is 0 Å². The Morgan fingerprint density at radius 1 is 0.974 bits per heavy atom. The first-order valence-corrected chi connectivity index (χ1v) is 13.2. The largest absolute Gasteiger partial charge is 0.486 e. The van der Waals surface area contributed by atoms with Crippen LogP contribution in [0.1, 0.15) is 43.4 Å². The van der Waals surface area contributed by atoms with Gasteiger partial charge in [0, 0.05) is 5.92 Å². The molecule has 2 heterocycles. The Hall–Kier alpha value is -3.58. The number of hydrogen-bond donors (Lipinski definition) is 1. The topological polar surface area (TPSA) is 66.0 Å². The first-order valence-electron chi connectivity index (χ1n) is 13.2. The smallest absolute Gasteiger partial charge is 0.258 e. The summed E-state index contributed by atoms with van der Waals surface area (Å²) in [6.07, 6.45) is 0.709. The van der Waals surface area contributed by atoms with E-state index < -0.39 is 0 Å². The second-order valence-corrected chi connectivity index (χ2v) is 10.3. The molecule has 7 heteroatoms. The van der Waals surface area contributed by atoms with Gasteiger partial charge in [-0.2, -0.15) is 0 Å². The summed E-state index contributed by atoms with van der Waals surface area (Å²) in [6, 6.07) is 22.0. The molecule has 1 amide bonds. The minimum atomic E-state index is -0.250. The average molecular weight is 520 g/mol. The number of rotatable bonds is 8. The highest BCUT2D eigenvalue weighted by Crippen LogP contribution is 2.43. The van der Waals surface area contributed by atoms with E-state index >= 15 is 0 Å². The minimum absolute atomic E-state index is 0.0214. The molecule has 2 aliphatic heterocycles. The number of ether oxygens (including phenoxy) is 4. The van der Waals surface area contributed by atoms with Gasteiger partial charge in [0.2, 0.25) is 0 Å². The Balaban J connectivity index is 1.11. The average Bonchev–Trinajstić information content (AvgIpc) is 2.95. The fourth-order valence-corrected chi connectivity index (χ4v) is 5.14. The standard InChI is InChI=1S/C31H34FNO5/c1-20(2)27-15-23(21-7-11-24(32)12-8-21)17-37-31(27)22-9-13-25(14-10-22)35-19-30(34)33-16-26-18-36-28-5-3-4-6-29(28)38-26/h3-14,20,23,26-27,31H,15-19H2,1-2H3,(H,33,34)/t23-,26?,27-,31-/m0/s1. The lowest BCUT2D eigenvalue weighted by Crippen LogP contribution is -2.42. The molecule has 0 spiro atoms. The minimum Gasteiger partial charge on any atom is -0.486 e. The van der Waals surface area contributed by atoms with E-state index in [0.29, 0.717) is 48.8 Å². The number of fused-ring (bicyclic) bond motifs is 1. The number of carbonyl (C=O) groups is 1. The molecular formula is C31H34FNO5. The molecule has 1 fully saturated rings. The van der Waals surface area contributed by atoms with Crippen LogP contribution in [-0.2, 0) is 9.53 Å². The SMILES string of the molecule is CC(C)[C@@H]1C[C@H](c2ccc(F)cc2)CO[C@H]1c1ccc(OCC(=O)NCC2COc3ccccc3O2)cc1. The maximum Gasteiger partial charge on any atom is 0.258 e. The van der Waals surface area contributed by atoms with E-state index in [2.05, 4.69) is 19.2 Å². The van der Waals surface area contributed by atoms with Crippen molar-refractivity contribution in [2.24, 2.45) is 11.8 Å². The zero-order chi connectivity index (χ0) is 26.5. The van der Waals surface area contributed by atoms with Crippen LogP contribution in [0.2, 0.25) is 0 Å². The van der Waals surface area contributed by atoms with Gasteiger partial charge in [0.1, 0.15) is 24.3 Å². The van der Waals surface area contributed by atoms with Crippen molar-refractivity contribution in [1.82, 2.24) is 5.32 Å². The maximum absolute atomic E-state index is 13.4. The molecule has 0 radical (unpaired) electrons. The quantitative estimate of drug-likeness (QED) is 0.415. The van der Waals surface area contributed by atoms with Crippen molar-refractivity contribution in [1.29, 1.82) is 0 Å². The molecule has 4 atom stereocenters. The molecule has 3 aromatic carbocycles. The fraction of sp³-hybridized carbons (Fsp3) is 0.387. The van der Waals surface area contributed by atoms with E-state index in [4.69, 9.17) is 18.9 Å². The van der Waals surface area contributed by atoms with Gasteiger partial charge in [0.15, 0.2) is 18.1 Å². The highest BCUT2D eigenvalue weighted by molar-refractivity contribution is 5.77. The lowest BCUT2D eigenvalue weighted by atomic mass is 9.76. The summed E-state index contributed by atoms with van der Waals surface area (Å²) in [5.74, 6) is 2.58. The summed E-state index contributed by atoms with van der Waals surface area (Å²) < 4.78 is 37.0. The number of nitrogens with one attached hydrogen (secondary N) is 1. The number of carbonyl (C=O) groups excluding carboxylic acids is 1. The summed E-state index contributed by atoms with van der Waals surface area (Å²) in [5, 5.41) is 2.85. The van der Waals surface area contributed by atoms with Crippen molar-refractivity contribution < 1.29 is 28.1 Å². The van der Waals surface area contributed by atoms with E-state index in [1.807, 2.05) is 60.7 Å². The third-order valence-electron chi connectivity index (χ3n) is 7.29. The zero-order valence-electron chi connectivity index (χ0n) is 21.8. The number of halogens is 1. The lowest BCUT2D eigenvalue weighted by molar-refractivity contribution is -0.123. The van der Waals surface area contributed by atoms with Crippen LogP contribution in [0.15, 0.2) is 72.8 Å². The second-order valence-electron chi connectivity index (χ2n) is 10.3. The van der Waals surface area contributed by atoms with Crippen molar-refractivity contribution in [3.63, 3.8) is 0 Å². The summed E-state index contributed by atoms with van der Waals surface area (Å²) in [6.45, 7) is 5.66. The Labute approximate surface area is 223 Å². The Bertz CT molecular complexity index is 1210. The Morgan fingerprint density at radius 3 is 2.42 bits per heavy atom. The summed E-state index contributed by atoms with van der Waals surface area (Å²) in [5.41, 5.74) is 2.21. The molecule has 0 aromatic heterocycles. The number of benzene rings is 3. The zero-order valence-corrected chi connectivity index (χ0v) is 21.8. The maximum atomic E-state index is 13.4. The molecule has 1 unspecified atom stereocenters. The van der Waals surface area contributed by atoms with Crippen LogP contribution in [0.4, 0.5) is 4.39 Å². The lowest BCUT2D eigenvalue weighted by Gasteiger charge is -2.39. The first-order chi connectivity index (χ1) is 18.5. The van der Waals surface area contributed by atoms with Gasteiger partial charge < -0.3 is 24.3 Å². The van der Waals surface area contributed by atoms with Crippen LogP contribution >= 0.6 is 0 Å². The van der Waals surface area contributed by atoms with Gasteiger partial charge in [-0.15, -0.1) is 0 Å². The third kappa shape index (κ3) is 6.27. The van der Waals surface area contributed by atoms with Crippen LogP contribution < -0.4 is 19.5 Å². The summed E-state index contributed by atoms with van der Waals surface area (Å²) in [4.78, 5) is 12.3. The second kappa shape index (κ2) is 11.9. The number of amides is 1. The number of hydrogen-bond acceptors (Lipinski definition) is 5. The van der Waals surface area contributed by atoms with Gasteiger partial charge in [-0.05, 0) is 65.8 Å². The van der Waals surface area contributed by atoms with Crippen molar-refractivity contribution in [2.75, 3.05) is 26.4 Å². The van der Waals surface area contributed by atoms with Crippen molar-refractivity contribution >= 4 is 5.91 Å². The van der Waals surface area contributed by atoms with Crippen molar-refractivity contribution in [3.05, 3.63) is 89.7 Å². The molecule has 1 N–H and O–H groups in total. The van der Waals surface area contributed by atoms with Crippen molar-refractivity contribution in [2.45, 2.75) is 38.4 Å². The van der Waals surface area contributed by atoms with Gasteiger partial charge in [-0.25, -0.2) is 4.39 Å². The normalized spacial score (nSPS) is 22.6. The highest BCUT2D eigenvalue weighted by Gasteiger charge is 2.35. The van der Waals surface area contributed by atoms with Crippen molar-refractivity contribution in [3.8, 4) is 17.2 Å². The predicted molar refractivity (Wildman–Crippen MR) is 142 cm³/mol. The van der Waals surface area contributed by atoms with Gasteiger partial charge in [-0.3, -0.25) is 4.79 Å². The van der Waals surface area contributed by atoms with E-state index in [-0.39, 0.29) is 36.5 Å². The molecular weight excluding hydrogens is 485 g/mol. The van der Waals surface area contributed by atoms with Gasteiger partial charge in [0.05, 0.1) is 19.3 Å². The first kappa shape index (κ1) is 26.0. The Morgan fingerprint density at radius 2 is 1.68 bits per heavy atom. The number of para-hydroxylation sites is 2. The van der Waals surface area contributed by atoms with E-state index in [1.54, 1.807) is 0 Å². The molecule has 1 saturated heterocycles. The summed E-state index contributed by atoms with van der Waals surface area (Å²) >= 11 is 0. The molecule has 38 heavy (non-hydrogen) atoms. The molecule has 2 aliphatic rings. The van der Waals surface area contributed by atoms with E-state index in [1.165, 1.54) is 12.1 Å². The van der Waals surface area contributed by atoms with E-state index in [9.17, 15) is 9.18 Å². The third-order valence-corrected chi connectivity index (χ3v) is 7.29. The fourth-order valence-electron chi connectivity index (χ4n) is 5.14. The predicted octanol–water partition coefficient (Wildman–Crippen LogP) is 5.68. The van der Waals surface area contributed by atoms with Crippen LogP contribution in [0.5, 0.6) is 17.2 Å². The molecule has 6 nitrogen and oxygen atoms in total. The molecule has 5 rings (SSSR count). The van der Waals surface area contributed by atoms with Crippen LogP contribution in [0.3, 0.4) is 0 Å². The highest BCUT2D eigenvalue weighted by atomic mass is 19.1. The van der Waals surface area contributed by atoms with Gasteiger partial charge in [-0.1, -0.05) is 50.2 Å². The summed E-state index contributed by atoms with van der Waals surface area (Å²) in [7, 11) is 0. The molecule has 0 bridgehead atoms. The molecule has 0 aliphatic carbocycles. The van der Waals surface area contributed by atoms with E-state index in [0.717, 1.165) is 17.5 Å². The molecule has 3 aromatic rings. The van der Waals surface area contributed by atoms with Gasteiger partial charge >= 0.3 is 0 Å². The van der Waals surface area contributed by atoms with Gasteiger partial charge in [0.25, 0.3) is 5.91 Å². The monoisotopic (exact) mass is 519 g/mol. The van der Waals surface area contributed by atoms with Crippen LogP contribution in [-0.4, -0.2) is 38.4 Å². The van der Waals surface area contributed by atoms with Crippen LogP contribution in [0, 0.1) is 17.7 Å². The molecule has 200 valence electrons. The molecule has 0 saturated carbocycles. The Kier molecular flexibility index (Phi) is 8.13.